The Morgan fingerprint density at radius 2 is 1.66 bits per heavy atom. The van der Waals surface area contributed by atoms with Gasteiger partial charge in [-0.15, -0.1) is 0 Å². The van der Waals surface area contributed by atoms with Crippen molar-refractivity contribution < 1.29 is 24.2 Å². The second-order valence-electron chi connectivity index (χ2n) is 10.4. The first kappa shape index (κ1) is 23.4. The van der Waals surface area contributed by atoms with E-state index < -0.39 is 18.1 Å². The lowest BCUT2D eigenvalue weighted by molar-refractivity contribution is -0.139. The van der Waals surface area contributed by atoms with Crippen LogP contribution in [-0.4, -0.2) is 53.7 Å². The van der Waals surface area contributed by atoms with Crippen molar-refractivity contribution in [3.63, 3.8) is 0 Å². The lowest BCUT2D eigenvalue weighted by Gasteiger charge is -2.31. The summed E-state index contributed by atoms with van der Waals surface area (Å²) in [5.74, 6) is -0.912. The van der Waals surface area contributed by atoms with Crippen LogP contribution in [0.4, 0.5) is 4.79 Å². The quantitative estimate of drug-likeness (QED) is 0.627. The fourth-order valence-electron chi connectivity index (χ4n) is 6.00. The number of likely N-dealkylation sites (tertiary alicyclic amines) is 1. The second kappa shape index (κ2) is 9.36. The van der Waals surface area contributed by atoms with Crippen molar-refractivity contribution in [2.75, 3.05) is 19.7 Å². The molecule has 0 aromatic heterocycles. The molecule has 2 aliphatic carbocycles. The smallest absolute Gasteiger partial charge is 0.407 e. The summed E-state index contributed by atoms with van der Waals surface area (Å²) in [5.41, 5.74) is 4.59. The van der Waals surface area contributed by atoms with E-state index >= 15 is 0 Å². The first-order chi connectivity index (χ1) is 16.8. The van der Waals surface area contributed by atoms with Crippen LogP contribution in [0.1, 0.15) is 43.7 Å². The molecule has 1 aliphatic heterocycles. The van der Waals surface area contributed by atoms with Crippen LogP contribution in [0.3, 0.4) is 0 Å². The summed E-state index contributed by atoms with van der Waals surface area (Å²) in [6.45, 7) is 5.18. The number of benzene rings is 2. The molecule has 1 unspecified atom stereocenters. The lowest BCUT2D eigenvalue weighted by Crippen LogP contribution is -2.51. The van der Waals surface area contributed by atoms with E-state index in [4.69, 9.17) is 4.74 Å². The highest BCUT2D eigenvalue weighted by atomic mass is 16.5. The Bertz CT molecular complexity index is 1100. The van der Waals surface area contributed by atoms with Gasteiger partial charge in [0.25, 0.3) is 0 Å². The van der Waals surface area contributed by atoms with E-state index in [1.807, 2.05) is 38.1 Å². The minimum absolute atomic E-state index is 0.0272. The third-order valence-electron chi connectivity index (χ3n) is 7.73. The van der Waals surface area contributed by atoms with Crippen LogP contribution >= 0.6 is 0 Å². The minimum atomic E-state index is -0.773. The molecule has 1 saturated carbocycles. The molecular formula is C28H32N2O5. The highest BCUT2D eigenvalue weighted by Gasteiger charge is 2.57. The Hall–Kier alpha value is -3.35. The van der Waals surface area contributed by atoms with Gasteiger partial charge in [0.05, 0.1) is 5.92 Å². The molecule has 2 aromatic carbocycles. The molecule has 7 heteroatoms. The standard InChI is InChI=1S/C28H32N2O5/c1-16(2)13-24(26(31)30-12-11-21-22(14-30)25(21)27(32)33)29-28(34)35-15-23-19-9-5-3-7-17(19)18-8-4-6-10-20(18)23/h3-10,16,21-25H,11-15H2,1-2H3,(H,29,34)(H,32,33)/t21-,22+,24-,25?/m0/s1. The van der Waals surface area contributed by atoms with Gasteiger partial charge in [0.1, 0.15) is 12.6 Å². The Balaban J connectivity index is 1.23. The van der Waals surface area contributed by atoms with Gasteiger partial charge in [-0.05, 0) is 52.8 Å². The Kier molecular flexibility index (Phi) is 6.26. The zero-order chi connectivity index (χ0) is 24.7. The summed E-state index contributed by atoms with van der Waals surface area (Å²) in [6, 6.07) is 15.6. The van der Waals surface area contributed by atoms with E-state index in [1.165, 1.54) is 0 Å². The van der Waals surface area contributed by atoms with Crippen LogP contribution in [0.2, 0.25) is 0 Å². The zero-order valence-electron chi connectivity index (χ0n) is 20.1. The molecule has 1 saturated heterocycles. The number of carboxylic acid groups (broad SMARTS) is 1. The second-order valence-corrected chi connectivity index (χ2v) is 10.4. The van der Waals surface area contributed by atoms with E-state index in [9.17, 15) is 19.5 Å². The molecule has 2 fully saturated rings. The number of piperidine rings is 1. The molecule has 7 nitrogen and oxygen atoms in total. The van der Waals surface area contributed by atoms with Crippen molar-refractivity contribution in [1.82, 2.24) is 10.2 Å². The van der Waals surface area contributed by atoms with E-state index in [2.05, 4.69) is 29.6 Å². The van der Waals surface area contributed by atoms with Crippen molar-refractivity contribution in [1.29, 1.82) is 0 Å². The van der Waals surface area contributed by atoms with E-state index in [1.54, 1.807) is 4.90 Å². The number of aliphatic carboxylic acids is 1. The van der Waals surface area contributed by atoms with Crippen molar-refractivity contribution in [3.8, 4) is 11.1 Å². The van der Waals surface area contributed by atoms with Crippen LogP contribution in [0.15, 0.2) is 48.5 Å². The van der Waals surface area contributed by atoms with Gasteiger partial charge >= 0.3 is 12.1 Å². The number of rotatable bonds is 7. The molecule has 0 radical (unpaired) electrons. The molecular weight excluding hydrogens is 444 g/mol. The molecule has 184 valence electrons. The number of carbonyl (C=O) groups is 3. The van der Waals surface area contributed by atoms with Crippen LogP contribution < -0.4 is 5.32 Å². The van der Waals surface area contributed by atoms with E-state index in [0.29, 0.717) is 25.9 Å². The Labute approximate surface area is 205 Å². The minimum Gasteiger partial charge on any atom is -0.481 e. The molecule has 35 heavy (non-hydrogen) atoms. The van der Waals surface area contributed by atoms with Crippen LogP contribution in [0.5, 0.6) is 0 Å². The molecule has 2 aromatic rings. The predicted octanol–water partition coefficient (Wildman–Crippen LogP) is 4.12. The van der Waals surface area contributed by atoms with Gasteiger partial charge in [0, 0.05) is 19.0 Å². The summed E-state index contributed by atoms with van der Waals surface area (Å²) < 4.78 is 5.67. The number of carboxylic acids is 1. The molecule has 5 rings (SSSR count). The average molecular weight is 477 g/mol. The first-order valence-corrected chi connectivity index (χ1v) is 12.5. The maximum atomic E-state index is 13.3. The van der Waals surface area contributed by atoms with Crippen molar-refractivity contribution in [2.24, 2.45) is 23.7 Å². The summed E-state index contributed by atoms with van der Waals surface area (Å²) in [4.78, 5) is 39.3. The average Bonchev–Trinajstić information content (AvgIpc) is 3.49. The van der Waals surface area contributed by atoms with Crippen LogP contribution in [0.25, 0.3) is 11.1 Å². The number of nitrogens with one attached hydrogen (secondary N) is 1. The third kappa shape index (κ3) is 4.51. The maximum Gasteiger partial charge on any atom is 0.407 e. The van der Waals surface area contributed by atoms with E-state index in [0.717, 1.165) is 22.3 Å². The monoisotopic (exact) mass is 476 g/mol. The zero-order valence-corrected chi connectivity index (χ0v) is 20.1. The number of fused-ring (bicyclic) bond motifs is 4. The normalized spacial score (nSPS) is 23.2. The number of carbonyl (C=O) groups excluding carboxylic acids is 2. The highest BCUT2D eigenvalue weighted by Crippen LogP contribution is 2.51. The summed E-state index contributed by atoms with van der Waals surface area (Å²) >= 11 is 0. The largest absolute Gasteiger partial charge is 0.481 e. The highest BCUT2D eigenvalue weighted by molar-refractivity contribution is 5.86. The lowest BCUT2D eigenvalue weighted by atomic mass is 9.98. The number of hydrogen-bond acceptors (Lipinski definition) is 4. The summed E-state index contributed by atoms with van der Waals surface area (Å²) in [7, 11) is 0. The predicted molar refractivity (Wildman–Crippen MR) is 131 cm³/mol. The summed E-state index contributed by atoms with van der Waals surface area (Å²) in [6.07, 6.45) is 0.596. The third-order valence-corrected chi connectivity index (χ3v) is 7.73. The topological polar surface area (TPSA) is 95.9 Å². The number of amides is 2. The van der Waals surface area contributed by atoms with Crippen molar-refractivity contribution in [2.45, 2.75) is 38.6 Å². The molecule has 1 heterocycles. The number of ether oxygens (including phenoxy) is 1. The van der Waals surface area contributed by atoms with Crippen LogP contribution in [0, 0.1) is 23.7 Å². The SMILES string of the molecule is CC(C)C[C@H](NC(=O)OCC1c2ccccc2-c2ccccc21)C(=O)N1CC[C@@H]2C(C(=O)O)[C@@H]2C1. The van der Waals surface area contributed by atoms with Crippen molar-refractivity contribution in [3.05, 3.63) is 59.7 Å². The van der Waals surface area contributed by atoms with Gasteiger partial charge in [-0.3, -0.25) is 9.59 Å². The number of hydrogen-bond donors (Lipinski definition) is 2. The molecule has 0 spiro atoms. The van der Waals surface area contributed by atoms with Gasteiger partial charge in [-0.2, -0.15) is 0 Å². The van der Waals surface area contributed by atoms with Gasteiger partial charge < -0.3 is 20.1 Å². The molecule has 4 atom stereocenters. The fraction of sp³-hybridized carbons (Fsp3) is 0.464. The molecule has 3 aliphatic rings. The Morgan fingerprint density at radius 3 is 2.26 bits per heavy atom. The molecule has 0 bridgehead atoms. The van der Waals surface area contributed by atoms with E-state index in [-0.39, 0.29) is 42.1 Å². The van der Waals surface area contributed by atoms with Crippen LogP contribution in [-0.2, 0) is 14.3 Å². The van der Waals surface area contributed by atoms with Crippen molar-refractivity contribution >= 4 is 18.0 Å². The fourth-order valence-corrected chi connectivity index (χ4v) is 6.00. The van der Waals surface area contributed by atoms with Gasteiger partial charge in [0.2, 0.25) is 5.91 Å². The first-order valence-electron chi connectivity index (χ1n) is 12.5. The van der Waals surface area contributed by atoms with Gasteiger partial charge in [-0.1, -0.05) is 62.4 Å². The van der Waals surface area contributed by atoms with Gasteiger partial charge in [0.15, 0.2) is 0 Å². The summed E-state index contributed by atoms with van der Waals surface area (Å²) in [5, 5.41) is 12.2. The van der Waals surface area contributed by atoms with Gasteiger partial charge in [-0.25, -0.2) is 4.79 Å². The Morgan fingerprint density at radius 1 is 1.03 bits per heavy atom. The molecule has 2 amide bonds. The molecule has 2 N–H and O–H groups in total. The number of nitrogens with zero attached hydrogens (tertiary/aromatic N) is 1. The number of alkyl carbamates (subject to hydrolysis) is 1. The maximum absolute atomic E-state index is 13.3.